The van der Waals surface area contributed by atoms with Gasteiger partial charge in [0.25, 0.3) is 5.91 Å². The number of carbonyl (C=O) groups excluding carboxylic acids is 1. The quantitative estimate of drug-likeness (QED) is 0.643. The van der Waals surface area contributed by atoms with Gasteiger partial charge in [0, 0.05) is 26.1 Å². The number of halogens is 1. The molecule has 0 saturated carbocycles. The molecule has 2 aromatic carbocycles. The van der Waals surface area contributed by atoms with Crippen LogP contribution >= 0.6 is 0 Å². The molecule has 0 saturated heterocycles. The van der Waals surface area contributed by atoms with Gasteiger partial charge in [-0.25, -0.2) is 4.39 Å². The van der Waals surface area contributed by atoms with E-state index >= 15 is 0 Å². The van der Waals surface area contributed by atoms with Crippen LogP contribution in [0.5, 0.6) is 5.75 Å². The minimum absolute atomic E-state index is 0.0498. The number of unbranched alkanes of at least 4 members (excludes halogenated alkanes) is 1. The second-order valence-electron chi connectivity index (χ2n) is 5.67. The van der Waals surface area contributed by atoms with Gasteiger partial charge in [0.05, 0.1) is 18.2 Å². The summed E-state index contributed by atoms with van der Waals surface area (Å²) < 4.78 is 19.1. The van der Waals surface area contributed by atoms with Crippen LogP contribution in [-0.2, 0) is 6.54 Å². The maximum Gasteiger partial charge on any atom is 0.254 e. The fourth-order valence-electron chi connectivity index (χ4n) is 2.32. The van der Waals surface area contributed by atoms with E-state index in [0.29, 0.717) is 39.1 Å². The zero-order chi connectivity index (χ0) is 18.6. The van der Waals surface area contributed by atoms with Gasteiger partial charge < -0.3 is 15.4 Å². The normalized spacial score (nSPS) is 10.2. The molecule has 0 heterocycles. The average Bonchev–Trinajstić information content (AvgIpc) is 2.65. The molecule has 0 aliphatic rings. The van der Waals surface area contributed by atoms with Crippen LogP contribution in [0.4, 0.5) is 4.39 Å². The molecule has 2 rings (SSSR count). The van der Waals surface area contributed by atoms with Crippen molar-refractivity contribution in [3.05, 3.63) is 65.5 Å². The molecule has 2 N–H and O–H groups in total. The number of ether oxygens (including phenoxy) is 1. The molecule has 0 aliphatic carbocycles. The number of carbonyl (C=O) groups is 1. The molecule has 0 spiro atoms. The fourth-order valence-corrected chi connectivity index (χ4v) is 2.32. The van der Waals surface area contributed by atoms with Crippen LogP contribution in [0.25, 0.3) is 0 Å². The number of nitriles is 1. The third kappa shape index (κ3) is 6.54. The first-order chi connectivity index (χ1) is 12.7. The Kier molecular flexibility index (Phi) is 8.10. The topological polar surface area (TPSA) is 74.2 Å². The molecule has 0 aromatic heterocycles. The van der Waals surface area contributed by atoms with E-state index < -0.39 is 11.7 Å². The minimum Gasteiger partial charge on any atom is -0.494 e. The Balaban J connectivity index is 1.67. The van der Waals surface area contributed by atoms with Crippen LogP contribution < -0.4 is 15.4 Å². The number of hydrogen-bond donors (Lipinski definition) is 2. The van der Waals surface area contributed by atoms with E-state index in [1.165, 1.54) is 12.1 Å². The van der Waals surface area contributed by atoms with Crippen molar-refractivity contribution in [2.24, 2.45) is 0 Å². The van der Waals surface area contributed by atoms with E-state index in [1.54, 1.807) is 12.1 Å². The third-order valence-corrected chi connectivity index (χ3v) is 3.64. The van der Waals surface area contributed by atoms with E-state index in [-0.39, 0.29) is 5.56 Å². The summed E-state index contributed by atoms with van der Waals surface area (Å²) in [5, 5.41) is 14.4. The highest BCUT2D eigenvalue weighted by Gasteiger charge is 2.09. The standard InChI is InChI=1S/C20H22FN3O2/c21-19-9-2-1-8-18(19)20(25)24-12-11-23-15-16-6-5-7-17(14-16)26-13-4-3-10-22/h1-2,5-9,14,23H,3-4,11-13,15H2,(H,24,25). The maximum absolute atomic E-state index is 13.5. The summed E-state index contributed by atoms with van der Waals surface area (Å²) in [6.07, 6.45) is 1.19. The molecule has 1 amide bonds. The first-order valence-electron chi connectivity index (χ1n) is 8.53. The Labute approximate surface area is 152 Å². The monoisotopic (exact) mass is 355 g/mol. The highest BCUT2D eigenvalue weighted by molar-refractivity contribution is 5.94. The van der Waals surface area contributed by atoms with E-state index in [4.69, 9.17) is 10.00 Å². The van der Waals surface area contributed by atoms with Crippen molar-refractivity contribution in [3.8, 4) is 11.8 Å². The number of rotatable bonds is 10. The Morgan fingerprint density at radius 1 is 1.15 bits per heavy atom. The lowest BCUT2D eigenvalue weighted by Crippen LogP contribution is -2.32. The summed E-state index contributed by atoms with van der Waals surface area (Å²) in [5.74, 6) is -0.169. The summed E-state index contributed by atoms with van der Waals surface area (Å²) in [4.78, 5) is 11.9. The van der Waals surface area contributed by atoms with Gasteiger partial charge in [-0.05, 0) is 36.2 Å². The van der Waals surface area contributed by atoms with Gasteiger partial charge in [-0.1, -0.05) is 24.3 Å². The molecule has 6 heteroatoms. The van der Waals surface area contributed by atoms with Gasteiger partial charge in [0.1, 0.15) is 11.6 Å². The Bertz CT molecular complexity index is 759. The average molecular weight is 355 g/mol. The molecular formula is C20H22FN3O2. The van der Waals surface area contributed by atoms with Crippen molar-refractivity contribution in [2.75, 3.05) is 19.7 Å². The summed E-state index contributed by atoms with van der Waals surface area (Å²) in [6.45, 7) is 2.11. The van der Waals surface area contributed by atoms with Crippen molar-refractivity contribution >= 4 is 5.91 Å². The summed E-state index contributed by atoms with van der Waals surface area (Å²) in [5.41, 5.74) is 1.11. The molecule has 0 aliphatic heterocycles. The second kappa shape index (κ2) is 10.9. The summed E-state index contributed by atoms with van der Waals surface area (Å²) in [7, 11) is 0. The number of nitrogens with zero attached hydrogens (tertiary/aromatic N) is 1. The molecule has 26 heavy (non-hydrogen) atoms. The fraction of sp³-hybridized carbons (Fsp3) is 0.300. The maximum atomic E-state index is 13.5. The van der Waals surface area contributed by atoms with Crippen molar-refractivity contribution in [3.63, 3.8) is 0 Å². The molecule has 0 bridgehead atoms. The van der Waals surface area contributed by atoms with Crippen molar-refractivity contribution in [1.29, 1.82) is 5.26 Å². The SMILES string of the molecule is N#CCCCOc1cccc(CNCCNC(=O)c2ccccc2F)c1. The number of benzene rings is 2. The molecular weight excluding hydrogens is 333 g/mol. The molecule has 0 fully saturated rings. The van der Waals surface area contributed by atoms with Crippen LogP contribution in [-0.4, -0.2) is 25.6 Å². The number of amides is 1. The van der Waals surface area contributed by atoms with Crippen LogP contribution in [0.3, 0.4) is 0 Å². The van der Waals surface area contributed by atoms with E-state index in [2.05, 4.69) is 16.7 Å². The molecule has 0 radical (unpaired) electrons. The van der Waals surface area contributed by atoms with Crippen LogP contribution in [0.15, 0.2) is 48.5 Å². The van der Waals surface area contributed by atoms with Crippen LogP contribution in [0.1, 0.15) is 28.8 Å². The van der Waals surface area contributed by atoms with Crippen molar-refractivity contribution < 1.29 is 13.9 Å². The Hall–Kier alpha value is -2.91. The first kappa shape index (κ1) is 19.4. The Morgan fingerprint density at radius 3 is 2.81 bits per heavy atom. The summed E-state index contributed by atoms with van der Waals surface area (Å²) >= 11 is 0. The zero-order valence-corrected chi connectivity index (χ0v) is 14.5. The van der Waals surface area contributed by atoms with Gasteiger partial charge in [-0.15, -0.1) is 0 Å². The van der Waals surface area contributed by atoms with Crippen molar-refractivity contribution in [1.82, 2.24) is 10.6 Å². The minimum atomic E-state index is -0.524. The van der Waals surface area contributed by atoms with Crippen molar-refractivity contribution in [2.45, 2.75) is 19.4 Å². The largest absolute Gasteiger partial charge is 0.494 e. The van der Waals surface area contributed by atoms with E-state index in [0.717, 1.165) is 11.3 Å². The lowest BCUT2D eigenvalue weighted by Gasteiger charge is -2.09. The van der Waals surface area contributed by atoms with Crippen LogP contribution in [0.2, 0.25) is 0 Å². The van der Waals surface area contributed by atoms with Crippen LogP contribution in [0, 0.1) is 17.1 Å². The number of nitrogens with one attached hydrogen (secondary N) is 2. The summed E-state index contributed by atoms with van der Waals surface area (Å²) in [6, 6.07) is 15.7. The smallest absolute Gasteiger partial charge is 0.254 e. The predicted octanol–water partition coefficient (Wildman–Crippen LogP) is 3.03. The third-order valence-electron chi connectivity index (χ3n) is 3.64. The second-order valence-corrected chi connectivity index (χ2v) is 5.67. The molecule has 136 valence electrons. The molecule has 0 unspecified atom stereocenters. The van der Waals surface area contributed by atoms with Gasteiger partial charge in [0.15, 0.2) is 0 Å². The van der Waals surface area contributed by atoms with Gasteiger partial charge >= 0.3 is 0 Å². The highest BCUT2D eigenvalue weighted by Crippen LogP contribution is 2.13. The predicted molar refractivity (Wildman–Crippen MR) is 97.2 cm³/mol. The lowest BCUT2D eigenvalue weighted by atomic mass is 10.2. The Morgan fingerprint density at radius 2 is 2.00 bits per heavy atom. The van der Waals surface area contributed by atoms with Gasteiger partial charge in [-0.3, -0.25) is 4.79 Å². The van der Waals surface area contributed by atoms with E-state index in [1.807, 2.05) is 24.3 Å². The number of hydrogen-bond acceptors (Lipinski definition) is 4. The molecule has 0 atom stereocenters. The van der Waals surface area contributed by atoms with E-state index in [9.17, 15) is 9.18 Å². The van der Waals surface area contributed by atoms with Gasteiger partial charge in [-0.2, -0.15) is 5.26 Å². The molecule has 5 nitrogen and oxygen atoms in total. The highest BCUT2D eigenvalue weighted by atomic mass is 19.1. The zero-order valence-electron chi connectivity index (χ0n) is 14.5. The molecule has 2 aromatic rings. The first-order valence-corrected chi connectivity index (χ1v) is 8.53. The lowest BCUT2D eigenvalue weighted by molar-refractivity contribution is 0.0950. The van der Waals surface area contributed by atoms with Gasteiger partial charge in [0.2, 0.25) is 0 Å².